The Morgan fingerprint density at radius 2 is 1.94 bits per heavy atom. The molecule has 0 aromatic heterocycles. The van der Waals surface area contributed by atoms with Crippen LogP contribution >= 0.6 is 0 Å². The van der Waals surface area contributed by atoms with Crippen molar-refractivity contribution >= 4 is 11.9 Å². The molecule has 0 saturated carbocycles. The topological polar surface area (TPSA) is 63.6 Å². The van der Waals surface area contributed by atoms with Gasteiger partial charge >= 0.3 is 41.5 Å². The fourth-order valence-corrected chi connectivity index (χ4v) is 0.432. The Bertz CT molecular complexity index is 242. The Hall–Kier alpha value is -0.580. The van der Waals surface area contributed by atoms with Crippen LogP contribution in [-0.4, -0.2) is 23.7 Å². The average molecular weight is 238 g/mol. The molecule has 0 saturated heterocycles. The number of hydrogen-bond donors (Lipinski definition) is 1. The van der Waals surface area contributed by atoms with Crippen molar-refractivity contribution in [1.29, 1.82) is 0 Å². The molecule has 0 aliphatic heterocycles. The summed E-state index contributed by atoms with van der Waals surface area (Å²) >= 11 is 0. The number of carbonyl (C=O) groups is 2. The van der Waals surface area contributed by atoms with Crippen LogP contribution in [0.2, 0.25) is 0 Å². The quantitative estimate of drug-likeness (QED) is 0.297. The Morgan fingerprint density at radius 1 is 1.50 bits per heavy atom. The molecular weight excluding hydrogens is 219 g/mol. The number of esters is 1. The molecule has 0 rings (SSSR count). The second kappa shape index (κ2) is 14.4. The van der Waals surface area contributed by atoms with E-state index < -0.39 is 5.97 Å². The van der Waals surface area contributed by atoms with Gasteiger partial charge in [-0.3, -0.25) is 0 Å². The number of carboxylic acids is 1. The van der Waals surface area contributed by atoms with E-state index in [9.17, 15) is 9.59 Å². The first-order valence-electron chi connectivity index (χ1n) is 4.63. The summed E-state index contributed by atoms with van der Waals surface area (Å²) in [5.41, 5.74) is 0.469. The summed E-state index contributed by atoms with van der Waals surface area (Å²) in [6, 6.07) is 0. The van der Waals surface area contributed by atoms with E-state index in [1.165, 1.54) is 0 Å². The predicted molar refractivity (Wildman–Crippen MR) is 59.6 cm³/mol. The van der Waals surface area contributed by atoms with E-state index in [0.717, 1.165) is 18.9 Å². The van der Waals surface area contributed by atoms with E-state index in [1.807, 2.05) is 0 Å². The van der Waals surface area contributed by atoms with Gasteiger partial charge in [-0.25, -0.2) is 9.59 Å². The molecule has 0 atom stereocenters. The Labute approximate surface area is 120 Å². The van der Waals surface area contributed by atoms with Crippen LogP contribution in [0.4, 0.5) is 0 Å². The number of unbranched alkanes of at least 4 members (excludes halogenated alkanes) is 1. The fraction of sp³-hybridized carbons (Fsp3) is 0.455. The van der Waals surface area contributed by atoms with Gasteiger partial charge in [0.2, 0.25) is 0 Å². The zero-order valence-electron chi connectivity index (χ0n) is 11.3. The summed E-state index contributed by atoms with van der Waals surface area (Å²) in [6.45, 7) is 10.6. The Morgan fingerprint density at radius 3 is 2.19 bits per heavy atom. The SMILES string of the molecule is C=C(C)C(=O)OCCCC.C=CC(=O)O.[H-].[Na+]. The molecule has 88 valence electrons. The smallest absolute Gasteiger partial charge is 1.00 e. The van der Waals surface area contributed by atoms with Crippen molar-refractivity contribution in [3.05, 3.63) is 24.8 Å². The van der Waals surface area contributed by atoms with Crippen LogP contribution in [0.15, 0.2) is 24.8 Å². The summed E-state index contributed by atoms with van der Waals surface area (Å²) in [6.07, 6.45) is 2.81. The van der Waals surface area contributed by atoms with Crippen LogP contribution in [0, 0.1) is 0 Å². The largest absolute Gasteiger partial charge is 1.00 e. The normalized spacial score (nSPS) is 7.62. The molecule has 0 bridgehead atoms. The van der Waals surface area contributed by atoms with E-state index >= 15 is 0 Å². The van der Waals surface area contributed by atoms with Crippen molar-refractivity contribution in [2.24, 2.45) is 0 Å². The maximum Gasteiger partial charge on any atom is 1.00 e. The van der Waals surface area contributed by atoms with Gasteiger partial charge in [-0.15, -0.1) is 0 Å². The second-order valence-corrected chi connectivity index (χ2v) is 2.81. The molecule has 0 aliphatic carbocycles. The van der Waals surface area contributed by atoms with Crippen LogP contribution in [0.3, 0.4) is 0 Å². The van der Waals surface area contributed by atoms with Gasteiger partial charge in [0.25, 0.3) is 0 Å². The number of aliphatic carboxylic acids is 1. The molecule has 5 heteroatoms. The summed E-state index contributed by atoms with van der Waals surface area (Å²) in [7, 11) is 0. The van der Waals surface area contributed by atoms with Crippen LogP contribution in [0.1, 0.15) is 28.1 Å². The number of carbonyl (C=O) groups excluding carboxylic acids is 1. The molecule has 0 radical (unpaired) electrons. The molecule has 0 aromatic carbocycles. The molecule has 0 unspecified atom stereocenters. The van der Waals surface area contributed by atoms with Crippen molar-refractivity contribution in [2.45, 2.75) is 26.7 Å². The summed E-state index contributed by atoms with van der Waals surface area (Å²) in [5, 5.41) is 7.60. The van der Waals surface area contributed by atoms with Gasteiger partial charge in [0, 0.05) is 11.6 Å². The van der Waals surface area contributed by atoms with Crippen LogP contribution in [0.25, 0.3) is 0 Å². The molecule has 16 heavy (non-hydrogen) atoms. The summed E-state index contributed by atoms with van der Waals surface area (Å²) in [4.78, 5) is 19.9. The van der Waals surface area contributed by atoms with Gasteiger partial charge in [-0.1, -0.05) is 26.5 Å². The zero-order chi connectivity index (χ0) is 12.3. The molecule has 4 nitrogen and oxygen atoms in total. The first-order chi connectivity index (χ1) is 6.95. The van der Waals surface area contributed by atoms with Crippen molar-refractivity contribution in [1.82, 2.24) is 0 Å². The summed E-state index contributed by atoms with van der Waals surface area (Å²) in [5.74, 6) is -1.27. The number of carboxylic acid groups (broad SMARTS) is 1. The first kappa shape index (κ1) is 20.8. The van der Waals surface area contributed by atoms with E-state index in [4.69, 9.17) is 9.84 Å². The number of ether oxygens (including phenoxy) is 1. The van der Waals surface area contributed by atoms with Gasteiger partial charge in [-0.05, 0) is 13.3 Å². The van der Waals surface area contributed by atoms with Gasteiger partial charge < -0.3 is 11.3 Å². The summed E-state index contributed by atoms with van der Waals surface area (Å²) < 4.78 is 4.81. The Kier molecular flexibility index (Phi) is 18.7. The predicted octanol–water partition coefficient (Wildman–Crippen LogP) is -0.721. The van der Waals surface area contributed by atoms with E-state index in [1.54, 1.807) is 6.92 Å². The average Bonchev–Trinajstić information content (AvgIpc) is 2.18. The Balaban J connectivity index is -0.000000105. The van der Waals surface area contributed by atoms with Crippen LogP contribution in [-0.2, 0) is 14.3 Å². The molecule has 1 N–H and O–H groups in total. The van der Waals surface area contributed by atoms with Crippen molar-refractivity contribution < 1.29 is 50.4 Å². The maximum atomic E-state index is 10.7. The maximum absolute atomic E-state index is 10.7. The molecule has 0 aromatic rings. The fourth-order valence-electron chi connectivity index (χ4n) is 0.432. The number of hydrogen-bond acceptors (Lipinski definition) is 3. The first-order valence-corrected chi connectivity index (χ1v) is 4.63. The molecule has 0 aliphatic rings. The minimum atomic E-state index is -0.981. The van der Waals surface area contributed by atoms with E-state index in [-0.39, 0.29) is 37.0 Å². The van der Waals surface area contributed by atoms with E-state index in [2.05, 4.69) is 20.1 Å². The third kappa shape index (κ3) is 19.1. The van der Waals surface area contributed by atoms with Gasteiger partial charge in [-0.2, -0.15) is 0 Å². The van der Waals surface area contributed by atoms with Crippen LogP contribution < -0.4 is 29.6 Å². The molecule has 0 spiro atoms. The van der Waals surface area contributed by atoms with Crippen molar-refractivity contribution in [2.75, 3.05) is 6.61 Å². The molecule has 0 amide bonds. The van der Waals surface area contributed by atoms with Crippen LogP contribution in [0.5, 0.6) is 0 Å². The molecule has 0 heterocycles. The van der Waals surface area contributed by atoms with Crippen molar-refractivity contribution in [3.8, 4) is 0 Å². The third-order valence-corrected chi connectivity index (χ3v) is 1.25. The van der Waals surface area contributed by atoms with E-state index in [0.29, 0.717) is 12.2 Å². The van der Waals surface area contributed by atoms with Gasteiger partial charge in [0.15, 0.2) is 0 Å². The molecule has 0 fully saturated rings. The third-order valence-electron chi connectivity index (χ3n) is 1.25. The monoisotopic (exact) mass is 238 g/mol. The minimum Gasteiger partial charge on any atom is -1.00 e. The molecular formula is C11H19NaO4. The van der Waals surface area contributed by atoms with Gasteiger partial charge in [0.1, 0.15) is 0 Å². The minimum absolute atomic E-state index is 0. The van der Waals surface area contributed by atoms with Crippen molar-refractivity contribution in [3.63, 3.8) is 0 Å². The second-order valence-electron chi connectivity index (χ2n) is 2.81. The zero-order valence-corrected chi connectivity index (χ0v) is 12.3. The van der Waals surface area contributed by atoms with Gasteiger partial charge in [0.05, 0.1) is 6.61 Å². The number of rotatable bonds is 5. The standard InChI is InChI=1S/C8H14O2.C3H4O2.Na.H/c1-4-5-6-10-8(9)7(2)3;1-2-3(4)5;;/h2,4-6H2,1,3H3;2H,1H2,(H,4,5);;/q;;+1;-1.